The monoisotopic (exact) mass is 346 g/mol. The van der Waals surface area contributed by atoms with E-state index >= 15 is 0 Å². The predicted molar refractivity (Wildman–Crippen MR) is 64.0 cm³/mol. The SMILES string of the molecule is O=S(=O)(NCc1cccc(Br)c1)NCC(F)(F)F. The number of hydrogen-bond acceptors (Lipinski definition) is 2. The highest BCUT2D eigenvalue weighted by Gasteiger charge is 2.29. The minimum atomic E-state index is -4.58. The van der Waals surface area contributed by atoms with E-state index in [1.54, 1.807) is 24.3 Å². The molecule has 9 heteroatoms. The minimum absolute atomic E-state index is 0.0906. The lowest BCUT2D eigenvalue weighted by Gasteiger charge is -2.10. The van der Waals surface area contributed by atoms with Crippen molar-refractivity contribution in [3.05, 3.63) is 34.3 Å². The van der Waals surface area contributed by atoms with Gasteiger partial charge in [-0.25, -0.2) is 0 Å². The van der Waals surface area contributed by atoms with Crippen LogP contribution in [0.1, 0.15) is 5.56 Å². The Kier molecular flexibility index (Phi) is 5.14. The van der Waals surface area contributed by atoms with Crippen molar-refractivity contribution >= 4 is 26.1 Å². The molecular weight excluding hydrogens is 337 g/mol. The molecule has 0 aliphatic carbocycles. The highest BCUT2D eigenvalue weighted by atomic mass is 79.9. The fourth-order valence-electron chi connectivity index (χ4n) is 1.05. The molecule has 0 bridgehead atoms. The maximum Gasteiger partial charge on any atom is 0.402 e. The Morgan fingerprint density at radius 3 is 2.44 bits per heavy atom. The van der Waals surface area contributed by atoms with Crippen LogP contribution < -0.4 is 9.44 Å². The number of benzene rings is 1. The molecule has 1 aromatic carbocycles. The number of nitrogens with one attached hydrogen (secondary N) is 2. The van der Waals surface area contributed by atoms with Gasteiger partial charge in [-0.3, -0.25) is 0 Å². The second-order valence-corrected chi connectivity index (χ2v) is 5.89. The molecular formula is C9H10BrF3N2O2S. The number of hydrogen-bond donors (Lipinski definition) is 2. The quantitative estimate of drug-likeness (QED) is 0.855. The van der Waals surface area contributed by atoms with Gasteiger partial charge in [0.05, 0.1) is 0 Å². The van der Waals surface area contributed by atoms with E-state index < -0.39 is 22.9 Å². The van der Waals surface area contributed by atoms with E-state index in [-0.39, 0.29) is 6.54 Å². The Balaban J connectivity index is 2.52. The molecule has 18 heavy (non-hydrogen) atoms. The summed E-state index contributed by atoms with van der Waals surface area (Å²) in [5, 5.41) is 0. The standard InChI is InChI=1S/C9H10BrF3N2O2S/c10-8-3-1-2-7(4-8)5-14-18(16,17)15-6-9(11,12)13/h1-4,14-15H,5-6H2. The molecule has 0 aromatic heterocycles. The van der Waals surface area contributed by atoms with E-state index in [0.29, 0.717) is 5.56 Å². The Bertz CT molecular complexity index is 505. The first-order valence-corrected chi connectivity index (χ1v) is 7.01. The maximum absolute atomic E-state index is 11.8. The van der Waals surface area contributed by atoms with Crippen molar-refractivity contribution in [1.82, 2.24) is 9.44 Å². The summed E-state index contributed by atoms with van der Waals surface area (Å²) in [5.41, 5.74) is 0.627. The number of alkyl halides is 3. The molecule has 2 N–H and O–H groups in total. The summed E-state index contributed by atoms with van der Waals surface area (Å²) < 4.78 is 62.1. The molecule has 1 aromatic rings. The van der Waals surface area contributed by atoms with Crippen LogP contribution in [-0.2, 0) is 16.8 Å². The molecule has 1 rings (SSSR count). The lowest BCUT2D eigenvalue weighted by Crippen LogP contribution is -2.41. The van der Waals surface area contributed by atoms with Gasteiger partial charge in [-0.15, -0.1) is 0 Å². The van der Waals surface area contributed by atoms with E-state index in [1.807, 2.05) is 4.72 Å². The van der Waals surface area contributed by atoms with Crippen LogP contribution in [0.25, 0.3) is 0 Å². The summed E-state index contributed by atoms with van der Waals surface area (Å²) in [6.07, 6.45) is -4.58. The summed E-state index contributed by atoms with van der Waals surface area (Å²) in [7, 11) is -4.16. The van der Waals surface area contributed by atoms with Gasteiger partial charge in [-0.1, -0.05) is 28.1 Å². The number of halogens is 4. The summed E-state index contributed by atoms with van der Waals surface area (Å²) in [6.45, 7) is -1.69. The molecule has 0 atom stereocenters. The van der Waals surface area contributed by atoms with Crippen molar-refractivity contribution in [3.63, 3.8) is 0 Å². The lowest BCUT2D eigenvalue weighted by molar-refractivity contribution is -0.121. The third-order valence-electron chi connectivity index (χ3n) is 1.82. The Labute approximate surface area is 111 Å². The van der Waals surface area contributed by atoms with Gasteiger partial charge < -0.3 is 0 Å². The zero-order chi connectivity index (χ0) is 13.8. The average molecular weight is 347 g/mol. The smallest absolute Gasteiger partial charge is 0.198 e. The predicted octanol–water partition coefficient (Wildman–Crippen LogP) is 1.94. The van der Waals surface area contributed by atoms with Crippen molar-refractivity contribution in [2.75, 3.05) is 6.54 Å². The van der Waals surface area contributed by atoms with Gasteiger partial charge in [0.1, 0.15) is 6.54 Å². The first-order chi connectivity index (χ1) is 8.18. The largest absolute Gasteiger partial charge is 0.402 e. The molecule has 0 unspecified atom stereocenters. The van der Waals surface area contributed by atoms with Crippen molar-refractivity contribution in [2.45, 2.75) is 12.7 Å². The van der Waals surface area contributed by atoms with Crippen LogP contribution in [0, 0.1) is 0 Å². The molecule has 102 valence electrons. The van der Waals surface area contributed by atoms with Crippen LogP contribution in [0.2, 0.25) is 0 Å². The normalized spacial score (nSPS) is 12.7. The Hall–Kier alpha value is -0.640. The molecule has 0 aliphatic heterocycles. The van der Waals surface area contributed by atoms with Crippen LogP contribution in [0.5, 0.6) is 0 Å². The van der Waals surface area contributed by atoms with E-state index in [2.05, 4.69) is 15.9 Å². The van der Waals surface area contributed by atoms with Crippen molar-refractivity contribution in [1.29, 1.82) is 0 Å². The molecule has 4 nitrogen and oxygen atoms in total. The third kappa shape index (κ3) is 6.34. The highest BCUT2D eigenvalue weighted by Crippen LogP contribution is 2.13. The summed E-state index contributed by atoms with van der Waals surface area (Å²) in [4.78, 5) is 0. The van der Waals surface area contributed by atoms with E-state index in [9.17, 15) is 21.6 Å². The van der Waals surface area contributed by atoms with Crippen LogP contribution in [0.4, 0.5) is 13.2 Å². The average Bonchev–Trinajstić information content (AvgIpc) is 2.24. The summed E-state index contributed by atoms with van der Waals surface area (Å²) in [6, 6.07) is 6.75. The van der Waals surface area contributed by atoms with Gasteiger partial charge in [0.2, 0.25) is 0 Å². The van der Waals surface area contributed by atoms with Crippen molar-refractivity contribution in [2.24, 2.45) is 0 Å². The Morgan fingerprint density at radius 2 is 1.89 bits per heavy atom. The van der Waals surface area contributed by atoms with Gasteiger partial charge >= 0.3 is 6.18 Å². The third-order valence-corrected chi connectivity index (χ3v) is 3.36. The van der Waals surface area contributed by atoms with Crippen molar-refractivity contribution < 1.29 is 21.6 Å². The van der Waals surface area contributed by atoms with Crippen LogP contribution >= 0.6 is 15.9 Å². The molecule has 0 aliphatic rings. The van der Waals surface area contributed by atoms with Crippen LogP contribution in [0.15, 0.2) is 28.7 Å². The van der Waals surface area contributed by atoms with Crippen molar-refractivity contribution in [3.8, 4) is 0 Å². The summed E-state index contributed by atoms with van der Waals surface area (Å²) >= 11 is 3.20. The topological polar surface area (TPSA) is 58.2 Å². The molecule has 0 fully saturated rings. The lowest BCUT2D eigenvalue weighted by atomic mass is 10.2. The van der Waals surface area contributed by atoms with E-state index in [4.69, 9.17) is 0 Å². The van der Waals surface area contributed by atoms with E-state index in [1.165, 1.54) is 4.72 Å². The highest BCUT2D eigenvalue weighted by molar-refractivity contribution is 9.10. The van der Waals surface area contributed by atoms with Gasteiger partial charge in [-0.2, -0.15) is 31.0 Å². The zero-order valence-electron chi connectivity index (χ0n) is 8.96. The second-order valence-electron chi connectivity index (χ2n) is 3.39. The fraction of sp³-hybridized carbons (Fsp3) is 0.333. The minimum Gasteiger partial charge on any atom is -0.198 e. The van der Waals surface area contributed by atoms with Crippen LogP contribution in [0.3, 0.4) is 0 Å². The van der Waals surface area contributed by atoms with Gasteiger partial charge in [-0.05, 0) is 17.7 Å². The van der Waals surface area contributed by atoms with Gasteiger partial charge in [0, 0.05) is 11.0 Å². The molecule has 0 saturated heterocycles. The fourth-order valence-corrected chi connectivity index (χ4v) is 2.31. The second kappa shape index (κ2) is 6.00. The Morgan fingerprint density at radius 1 is 1.22 bits per heavy atom. The van der Waals surface area contributed by atoms with Gasteiger partial charge in [0.15, 0.2) is 0 Å². The first kappa shape index (κ1) is 15.4. The molecule has 0 saturated carbocycles. The molecule has 0 amide bonds. The summed E-state index contributed by atoms with van der Waals surface area (Å²) in [5.74, 6) is 0. The zero-order valence-corrected chi connectivity index (χ0v) is 11.4. The molecule has 0 heterocycles. The maximum atomic E-state index is 11.8. The van der Waals surface area contributed by atoms with E-state index in [0.717, 1.165) is 4.47 Å². The molecule has 0 spiro atoms. The van der Waals surface area contributed by atoms with Crippen LogP contribution in [-0.4, -0.2) is 21.1 Å². The first-order valence-electron chi connectivity index (χ1n) is 4.73. The molecule has 0 radical (unpaired) electrons. The number of rotatable bonds is 5. The van der Waals surface area contributed by atoms with Gasteiger partial charge in [0.25, 0.3) is 10.2 Å².